The molecule has 0 aromatic heterocycles. The van der Waals surface area contributed by atoms with Gasteiger partial charge in [-0.1, -0.05) is 29.8 Å². The van der Waals surface area contributed by atoms with E-state index in [4.69, 9.17) is 0 Å². The van der Waals surface area contributed by atoms with Gasteiger partial charge in [-0.2, -0.15) is 0 Å². The van der Waals surface area contributed by atoms with Crippen LogP contribution in [-0.4, -0.2) is 48.3 Å². The summed E-state index contributed by atoms with van der Waals surface area (Å²) in [6.45, 7) is 8.06. The Morgan fingerprint density at radius 3 is 2.52 bits per heavy atom. The number of fused-ring (bicyclic) bond motifs is 1. The van der Waals surface area contributed by atoms with Crippen LogP contribution in [0.3, 0.4) is 0 Å². The molecule has 1 aromatic carbocycles. The third-order valence-corrected chi connectivity index (χ3v) is 6.10. The first-order chi connectivity index (χ1) is 12.8. The summed E-state index contributed by atoms with van der Waals surface area (Å²) in [5.74, 6) is -0.382. The number of Topliss-reactive ketones (excluding diaryl/α,β-unsaturated/α-hetero) is 1. The van der Waals surface area contributed by atoms with E-state index in [1.807, 2.05) is 13.0 Å². The van der Waals surface area contributed by atoms with Gasteiger partial charge >= 0.3 is 5.91 Å². The van der Waals surface area contributed by atoms with Gasteiger partial charge in [0.2, 0.25) is 5.91 Å². The molecule has 0 radical (unpaired) electrons. The van der Waals surface area contributed by atoms with Gasteiger partial charge in [-0.05, 0) is 43.9 Å². The lowest BCUT2D eigenvalue weighted by Gasteiger charge is -2.34. The number of ketones is 1. The molecule has 0 saturated carbocycles. The maximum Gasteiger partial charge on any atom is 0.300 e. The van der Waals surface area contributed by atoms with Gasteiger partial charge in [-0.15, -0.1) is 0 Å². The molecule has 1 atom stereocenters. The molecule has 1 unspecified atom stereocenters. The fraction of sp³-hybridized carbons (Fsp3) is 0.550. The molecular formula is C20H26BrN3O3. The van der Waals surface area contributed by atoms with Crippen LogP contribution in [0.2, 0.25) is 0 Å². The molecule has 2 heterocycles. The monoisotopic (exact) mass is 435 g/mol. The number of hydrogen-bond acceptors (Lipinski definition) is 4. The lowest BCUT2D eigenvalue weighted by atomic mass is 9.95. The average Bonchev–Trinajstić information content (AvgIpc) is 2.86. The van der Waals surface area contributed by atoms with Crippen molar-refractivity contribution in [2.24, 2.45) is 11.8 Å². The summed E-state index contributed by atoms with van der Waals surface area (Å²) < 4.78 is 0.836. The summed E-state index contributed by atoms with van der Waals surface area (Å²) in [5, 5.41) is 3.10. The van der Waals surface area contributed by atoms with Gasteiger partial charge in [-0.3, -0.25) is 24.2 Å². The molecule has 0 spiro atoms. The van der Waals surface area contributed by atoms with Gasteiger partial charge in [0.1, 0.15) is 0 Å². The summed E-state index contributed by atoms with van der Waals surface area (Å²) in [6, 6.07) is 5.44. The highest BCUT2D eigenvalue weighted by atomic mass is 79.9. The van der Waals surface area contributed by atoms with Gasteiger partial charge in [-0.25, -0.2) is 0 Å². The zero-order chi connectivity index (χ0) is 19.7. The molecule has 7 heteroatoms. The summed E-state index contributed by atoms with van der Waals surface area (Å²) in [6.07, 6.45) is 1.52. The number of likely N-dealkylation sites (tertiary alicyclic amines) is 1. The quantitative estimate of drug-likeness (QED) is 0.721. The smallest absolute Gasteiger partial charge is 0.300 e. The van der Waals surface area contributed by atoms with Crippen LogP contribution in [0, 0.1) is 11.8 Å². The predicted molar refractivity (Wildman–Crippen MR) is 108 cm³/mol. The van der Waals surface area contributed by atoms with Gasteiger partial charge in [0.15, 0.2) is 0 Å². The Labute approximate surface area is 168 Å². The number of nitrogens with one attached hydrogen (secondary N) is 1. The first-order valence-corrected chi connectivity index (χ1v) is 10.3. The topological polar surface area (TPSA) is 69.7 Å². The van der Waals surface area contributed by atoms with Crippen LogP contribution < -0.4 is 10.2 Å². The van der Waals surface area contributed by atoms with Crippen molar-refractivity contribution in [2.45, 2.75) is 39.7 Å². The van der Waals surface area contributed by atoms with E-state index in [9.17, 15) is 14.4 Å². The Balaban J connectivity index is 1.59. The predicted octanol–water partition coefficient (Wildman–Crippen LogP) is 2.81. The largest absolute Gasteiger partial charge is 0.353 e. The maximum atomic E-state index is 12.4. The van der Waals surface area contributed by atoms with Crippen LogP contribution in [0.15, 0.2) is 22.7 Å². The number of carbonyl (C=O) groups excluding carboxylic acids is 3. The van der Waals surface area contributed by atoms with Crippen molar-refractivity contribution in [3.05, 3.63) is 28.2 Å². The minimum absolute atomic E-state index is 0.0137. The van der Waals surface area contributed by atoms with Crippen molar-refractivity contribution in [1.29, 1.82) is 0 Å². The lowest BCUT2D eigenvalue weighted by molar-refractivity contribution is -0.127. The second kappa shape index (κ2) is 8.10. The average molecular weight is 436 g/mol. The van der Waals surface area contributed by atoms with Crippen molar-refractivity contribution in [1.82, 2.24) is 10.2 Å². The maximum absolute atomic E-state index is 12.4. The van der Waals surface area contributed by atoms with Gasteiger partial charge in [0.05, 0.1) is 17.9 Å². The van der Waals surface area contributed by atoms with E-state index < -0.39 is 11.7 Å². The van der Waals surface area contributed by atoms with E-state index in [0.29, 0.717) is 23.8 Å². The molecule has 146 valence electrons. The molecule has 0 aliphatic carbocycles. The number of piperidine rings is 1. The van der Waals surface area contributed by atoms with Gasteiger partial charge in [0, 0.05) is 29.5 Å². The van der Waals surface area contributed by atoms with E-state index in [0.717, 1.165) is 30.4 Å². The molecule has 2 aliphatic rings. The number of halogens is 1. The van der Waals surface area contributed by atoms with Gasteiger partial charge in [0.25, 0.3) is 5.78 Å². The minimum Gasteiger partial charge on any atom is -0.353 e. The molecule has 6 nitrogen and oxygen atoms in total. The molecule has 0 bridgehead atoms. The standard InChI is InChI=1S/C20H26BrN3O3/c1-12(2)13(3)22-19(26)14-6-8-23(9-7-14)11-24-17-10-15(21)4-5-16(17)18(25)20(24)27/h4-5,10,12-14H,6-9,11H2,1-3H3,(H,22,26). The fourth-order valence-electron chi connectivity index (χ4n) is 3.45. The van der Waals surface area contributed by atoms with E-state index in [1.165, 1.54) is 0 Å². The minimum atomic E-state index is -0.478. The first kappa shape index (κ1) is 20.0. The molecule has 2 aliphatic heterocycles. The number of anilines is 1. The van der Waals surface area contributed by atoms with Crippen LogP contribution in [0.25, 0.3) is 0 Å². The number of rotatable bonds is 5. The van der Waals surface area contributed by atoms with Crippen molar-refractivity contribution in [3.63, 3.8) is 0 Å². The molecule has 1 N–H and O–H groups in total. The summed E-state index contributed by atoms with van der Waals surface area (Å²) >= 11 is 3.40. The highest BCUT2D eigenvalue weighted by Crippen LogP contribution is 2.32. The van der Waals surface area contributed by atoms with E-state index in [-0.39, 0.29) is 17.9 Å². The Morgan fingerprint density at radius 1 is 1.22 bits per heavy atom. The summed E-state index contributed by atoms with van der Waals surface area (Å²) in [7, 11) is 0. The van der Waals surface area contributed by atoms with Crippen molar-refractivity contribution in [2.75, 3.05) is 24.7 Å². The van der Waals surface area contributed by atoms with E-state index in [2.05, 4.69) is 40.0 Å². The Hall–Kier alpha value is -1.73. The van der Waals surface area contributed by atoms with E-state index in [1.54, 1.807) is 17.0 Å². The molecule has 3 rings (SSSR count). The number of hydrogen-bond donors (Lipinski definition) is 1. The first-order valence-electron chi connectivity index (χ1n) is 9.46. The van der Waals surface area contributed by atoms with Gasteiger partial charge < -0.3 is 5.32 Å². The summed E-state index contributed by atoms with van der Waals surface area (Å²) in [4.78, 5) is 40.7. The Morgan fingerprint density at radius 2 is 1.89 bits per heavy atom. The fourth-order valence-corrected chi connectivity index (χ4v) is 3.80. The summed E-state index contributed by atoms with van der Waals surface area (Å²) in [5.41, 5.74) is 1.12. The third kappa shape index (κ3) is 4.24. The zero-order valence-electron chi connectivity index (χ0n) is 16.0. The second-order valence-electron chi connectivity index (χ2n) is 7.80. The SMILES string of the molecule is CC(C)C(C)NC(=O)C1CCN(CN2C(=O)C(=O)c3ccc(Br)cc32)CC1. The molecular weight excluding hydrogens is 410 g/mol. The highest BCUT2D eigenvalue weighted by molar-refractivity contribution is 9.10. The zero-order valence-corrected chi connectivity index (χ0v) is 17.6. The Bertz CT molecular complexity index is 757. The van der Waals surface area contributed by atoms with Crippen LogP contribution in [0.1, 0.15) is 44.0 Å². The molecule has 2 amide bonds. The lowest BCUT2D eigenvalue weighted by Crippen LogP contribution is -2.47. The highest BCUT2D eigenvalue weighted by Gasteiger charge is 2.37. The van der Waals surface area contributed by atoms with Crippen molar-refractivity contribution < 1.29 is 14.4 Å². The normalized spacial score (nSPS) is 19.5. The van der Waals surface area contributed by atoms with Crippen LogP contribution >= 0.6 is 15.9 Å². The second-order valence-corrected chi connectivity index (χ2v) is 8.71. The van der Waals surface area contributed by atoms with Crippen molar-refractivity contribution >= 4 is 39.2 Å². The van der Waals surface area contributed by atoms with Crippen LogP contribution in [-0.2, 0) is 9.59 Å². The molecule has 1 fully saturated rings. The number of nitrogens with zero attached hydrogens (tertiary/aromatic N) is 2. The molecule has 1 saturated heterocycles. The van der Waals surface area contributed by atoms with E-state index >= 15 is 0 Å². The number of benzene rings is 1. The Kier molecular flexibility index (Phi) is 6.01. The van der Waals surface area contributed by atoms with Crippen molar-refractivity contribution in [3.8, 4) is 0 Å². The third-order valence-electron chi connectivity index (χ3n) is 5.60. The number of carbonyl (C=O) groups is 3. The van der Waals surface area contributed by atoms with Crippen LogP contribution in [0.4, 0.5) is 5.69 Å². The molecule has 1 aromatic rings. The van der Waals surface area contributed by atoms with Crippen LogP contribution in [0.5, 0.6) is 0 Å². The number of amides is 2. The molecule has 27 heavy (non-hydrogen) atoms.